The van der Waals surface area contributed by atoms with Crippen LogP contribution in [-0.4, -0.2) is 37.7 Å². The van der Waals surface area contributed by atoms with Crippen LogP contribution in [0.1, 0.15) is 23.8 Å². The maximum Gasteiger partial charge on any atom is 0.191 e. The topological polar surface area (TPSA) is 58.8 Å². The van der Waals surface area contributed by atoms with Crippen LogP contribution < -0.4 is 15.4 Å². The number of thioether (sulfide) groups is 1. The van der Waals surface area contributed by atoms with Crippen molar-refractivity contribution >= 4 is 17.7 Å². The Bertz CT molecular complexity index is 673. The van der Waals surface area contributed by atoms with E-state index in [0.717, 1.165) is 55.8 Å². The Morgan fingerprint density at radius 1 is 1.28 bits per heavy atom. The van der Waals surface area contributed by atoms with E-state index >= 15 is 0 Å². The van der Waals surface area contributed by atoms with Gasteiger partial charge in [-0.05, 0) is 24.5 Å². The van der Waals surface area contributed by atoms with E-state index in [1.54, 1.807) is 18.0 Å². The highest BCUT2D eigenvalue weighted by Crippen LogP contribution is 2.31. The number of nitrogens with one attached hydrogen (secondary N) is 2. The largest absolute Gasteiger partial charge is 0.493 e. The first-order chi connectivity index (χ1) is 12.4. The fourth-order valence-electron chi connectivity index (χ4n) is 2.82. The molecule has 6 heteroatoms. The molecule has 134 valence electrons. The quantitative estimate of drug-likeness (QED) is 0.451. The minimum Gasteiger partial charge on any atom is -0.493 e. The highest BCUT2D eigenvalue weighted by atomic mass is 32.2. The first-order valence-corrected chi connectivity index (χ1v) is 10.0. The smallest absolute Gasteiger partial charge is 0.191 e. The van der Waals surface area contributed by atoms with Gasteiger partial charge in [0, 0.05) is 30.7 Å². The maximum absolute atomic E-state index is 5.75. The fraction of sp³-hybridized carbons (Fsp3) is 0.421. The molecule has 2 aromatic rings. The Kier molecular flexibility index (Phi) is 6.68. The second-order valence-electron chi connectivity index (χ2n) is 5.85. The fourth-order valence-corrected chi connectivity index (χ4v) is 3.09. The third kappa shape index (κ3) is 5.19. The summed E-state index contributed by atoms with van der Waals surface area (Å²) in [6.45, 7) is 2.30. The molecule has 0 saturated heterocycles. The lowest BCUT2D eigenvalue weighted by Gasteiger charge is -2.28. The number of hydrogen-bond donors (Lipinski definition) is 2. The molecule has 1 aromatic carbocycles. The van der Waals surface area contributed by atoms with Crippen LogP contribution in [0.3, 0.4) is 0 Å². The minimum atomic E-state index is 0.217. The molecule has 5 nitrogen and oxygen atoms in total. The van der Waals surface area contributed by atoms with Crippen molar-refractivity contribution in [2.24, 2.45) is 4.99 Å². The van der Waals surface area contributed by atoms with Gasteiger partial charge in [0.1, 0.15) is 11.5 Å². The summed E-state index contributed by atoms with van der Waals surface area (Å²) in [5.41, 5.74) is 1.19. The molecule has 1 aromatic heterocycles. The lowest BCUT2D eigenvalue weighted by atomic mass is 10.0. The normalized spacial score (nSPS) is 16.8. The Morgan fingerprint density at radius 3 is 3.04 bits per heavy atom. The van der Waals surface area contributed by atoms with Crippen molar-refractivity contribution in [2.45, 2.75) is 18.9 Å². The van der Waals surface area contributed by atoms with E-state index in [1.807, 2.05) is 24.3 Å². The Balaban J connectivity index is 1.62. The summed E-state index contributed by atoms with van der Waals surface area (Å²) in [6.07, 6.45) is 5.57. The third-order valence-electron chi connectivity index (χ3n) is 4.08. The second-order valence-corrected chi connectivity index (χ2v) is 6.84. The predicted octanol–water partition coefficient (Wildman–Crippen LogP) is 3.24. The van der Waals surface area contributed by atoms with E-state index in [9.17, 15) is 0 Å². The van der Waals surface area contributed by atoms with Crippen LogP contribution in [0, 0.1) is 0 Å². The standard InChI is InChI=1S/C19H25N3O2S/c1-25-14-11-21-19(20-10-8-15-5-4-12-23-15)22-17-9-13-24-18-7-3-2-6-16(17)18/h2-7,12,17H,8-11,13-14H2,1H3,(H2,20,21,22). The van der Waals surface area contributed by atoms with Crippen molar-refractivity contribution in [3.63, 3.8) is 0 Å². The van der Waals surface area contributed by atoms with Crippen molar-refractivity contribution in [2.75, 3.05) is 31.7 Å². The number of aliphatic imine (C=N–C) groups is 1. The summed E-state index contributed by atoms with van der Waals surface area (Å²) in [5, 5.41) is 6.99. The lowest BCUT2D eigenvalue weighted by molar-refractivity contribution is 0.261. The van der Waals surface area contributed by atoms with Gasteiger partial charge in [0.25, 0.3) is 0 Å². The van der Waals surface area contributed by atoms with Crippen LogP contribution in [0.15, 0.2) is 52.1 Å². The first kappa shape index (κ1) is 17.7. The number of nitrogens with zero attached hydrogens (tertiary/aromatic N) is 1. The van der Waals surface area contributed by atoms with Crippen molar-refractivity contribution in [1.82, 2.24) is 10.6 Å². The van der Waals surface area contributed by atoms with E-state index in [2.05, 4.69) is 29.0 Å². The van der Waals surface area contributed by atoms with Gasteiger partial charge >= 0.3 is 0 Å². The van der Waals surface area contributed by atoms with E-state index in [-0.39, 0.29) is 6.04 Å². The number of rotatable bonds is 7. The molecule has 1 unspecified atom stereocenters. The average Bonchev–Trinajstić information content (AvgIpc) is 3.15. The molecule has 0 spiro atoms. The molecule has 0 bridgehead atoms. The summed E-state index contributed by atoms with van der Waals surface area (Å²) >= 11 is 1.80. The Morgan fingerprint density at radius 2 is 2.20 bits per heavy atom. The van der Waals surface area contributed by atoms with Crippen LogP contribution in [0.2, 0.25) is 0 Å². The maximum atomic E-state index is 5.75. The molecule has 2 N–H and O–H groups in total. The Hall–Kier alpha value is -2.08. The highest BCUT2D eigenvalue weighted by molar-refractivity contribution is 7.98. The summed E-state index contributed by atoms with van der Waals surface area (Å²) in [5.74, 6) is 3.80. The summed E-state index contributed by atoms with van der Waals surface area (Å²) in [4.78, 5) is 4.70. The van der Waals surface area contributed by atoms with Gasteiger partial charge in [0.15, 0.2) is 5.96 Å². The van der Waals surface area contributed by atoms with Crippen molar-refractivity contribution in [3.8, 4) is 5.75 Å². The number of guanidine groups is 1. The molecular weight excluding hydrogens is 334 g/mol. The Labute approximate surface area is 153 Å². The van der Waals surface area contributed by atoms with Gasteiger partial charge < -0.3 is 19.8 Å². The third-order valence-corrected chi connectivity index (χ3v) is 4.67. The van der Waals surface area contributed by atoms with Crippen LogP contribution in [-0.2, 0) is 6.42 Å². The SMILES string of the molecule is CSCCN=C(NCCc1ccco1)NC1CCOc2ccccc21. The minimum absolute atomic E-state index is 0.217. The van der Waals surface area contributed by atoms with E-state index in [0.29, 0.717) is 0 Å². The monoisotopic (exact) mass is 359 g/mol. The molecule has 0 radical (unpaired) electrons. The number of benzene rings is 1. The van der Waals surface area contributed by atoms with Gasteiger partial charge in [-0.15, -0.1) is 0 Å². The van der Waals surface area contributed by atoms with Crippen LogP contribution in [0.5, 0.6) is 5.75 Å². The number of hydrogen-bond acceptors (Lipinski definition) is 4. The average molecular weight is 359 g/mol. The van der Waals surface area contributed by atoms with Gasteiger partial charge in [-0.2, -0.15) is 11.8 Å². The molecule has 0 fully saturated rings. The lowest BCUT2D eigenvalue weighted by Crippen LogP contribution is -2.42. The van der Waals surface area contributed by atoms with Gasteiger partial charge in [0.2, 0.25) is 0 Å². The molecule has 25 heavy (non-hydrogen) atoms. The van der Waals surface area contributed by atoms with Gasteiger partial charge in [-0.3, -0.25) is 4.99 Å². The summed E-state index contributed by atoms with van der Waals surface area (Å²) in [6, 6.07) is 12.3. The molecular formula is C19H25N3O2S. The van der Waals surface area contributed by atoms with Crippen molar-refractivity contribution in [1.29, 1.82) is 0 Å². The van der Waals surface area contributed by atoms with Crippen LogP contribution in [0.4, 0.5) is 0 Å². The van der Waals surface area contributed by atoms with Gasteiger partial charge in [0.05, 0.1) is 25.5 Å². The highest BCUT2D eigenvalue weighted by Gasteiger charge is 2.21. The molecule has 1 aliphatic heterocycles. The summed E-state index contributed by atoms with van der Waals surface area (Å²) in [7, 11) is 0. The first-order valence-electron chi connectivity index (χ1n) is 8.64. The zero-order chi connectivity index (χ0) is 17.3. The molecule has 0 saturated carbocycles. The van der Waals surface area contributed by atoms with E-state index in [4.69, 9.17) is 14.1 Å². The van der Waals surface area contributed by atoms with Crippen LogP contribution in [0.25, 0.3) is 0 Å². The zero-order valence-corrected chi connectivity index (χ0v) is 15.3. The van der Waals surface area contributed by atoms with E-state index < -0.39 is 0 Å². The molecule has 3 rings (SSSR count). The molecule has 0 amide bonds. The van der Waals surface area contributed by atoms with Crippen molar-refractivity contribution in [3.05, 3.63) is 54.0 Å². The van der Waals surface area contributed by atoms with Crippen LogP contribution >= 0.6 is 11.8 Å². The number of ether oxygens (including phenoxy) is 1. The van der Waals surface area contributed by atoms with Gasteiger partial charge in [-0.25, -0.2) is 0 Å². The summed E-state index contributed by atoms with van der Waals surface area (Å²) < 4.78 is 11.1. The predicted molar refractivity (Wildman–Crippen MR) is 104 cm³/mol. The number of fused-ring (bicyclic) bond motifs is 1. The van der Waals surface area contributed by atoms with E-state index in [1.165, 1.54) is 5.56 Å². The number of furan rings is 1. The number of para-hydroxylation sites is 1. The molecule has 1 aliphatic rings. The van der Waals surface area contributed by atoms with Gasteiger partial charge in [-0.1, -0.05) is 18.2 Å². The molecule has 0 aliphatic carbocycles. The zero-order valence-electron chi connectivity index (χ0n) is 14.5. The van der Waals surface area contributed by atoms with Crippen molar-refractivity contribution < 1.29 is 9.15 Å². The molecule has 2 heterocycles. The second kappa shape index (κ2) is 9.42. The molecule has 1 atom stereocenters.